The van der Waals surface area contributed by atoms with E-state index < -0.39 is 5.91 Å². The maximum atomic E-state index is 12.6. The molecule has 0 aliphatic rings. The van der Waals surface area contributed by atoms with Crippen LogP contribution in [-0.2, 0) is 11.3 Å². The molecule has 0 spiro atoms. The monoisotopic (exact) mass is 556 g/mol. The molecule has 0 saturated carbocycles. The summed E-state index contributed by atoms with van der Waals surface area (Å²) in [4.78, 5) is 29.2. The lowest BCUT2D eigenvalue weighted by atomic mass is 10.2. The van der Waals surface area contributed by atoms with Crippen LogP contribution < -0.4 is 10.9 Å². The molecular formula is C17H10I2N4O2. The van der Waals surface area contributed by atoms with Gasteiger partial charge in [0.05, 0.1) is 28.5 Å². The lowest BCUT2D eigenvalue weighted by molar-refractivity contribution is -0.116. The highest BCUT2D eigenvalue weighted by molar-refractivity contribution is 14.1. The van der Waals surface area contributed by atoms with Crippen molar-refractivity contribution in [2.24, 2.45) is 0 Å². The van der Waals surface area contributed by atoms with E-state index >= 15 is 0 Å². The summed E-state index contributed by atoms with van der Waals surface area (Å²) in [6, 6.07) is 12.4. The fourth-order valence-electron chi connectivity index (χ4n) is 2.34. The molecule has 0 atom stereocenters. The van der Waals surface area contributed by atoms with Gasteiger partial charge in [0, 0.05) is 7.14 Å². The Labute approximate surface area is 170 Å². The van der Waals surface area contributed by atoms with E-state index in [1.807, 2.05) is 12.1 Å². The third-order valence-electron chi connectivity index (χ3n) is 3.48. The maximum Gasteiger partial charge on any atom is 0.261 e. The van der Waals surface area contributed by atoms with Crippen LogP contribution in [-0.4, -0.2) is 15.5 Å². The molecule has 25 heavy (non-hydrogen) atoms. The first kappa shape index (κ1) is 17.8. The number of anilines is 1. The Balaban J connectivity index is 1.91. The molecule has 0 unspecified atom stereocenters. The minimum absolute atomic E-state index is 0.177. The Morgan fingerprint density at radius 3 is 2.80 bits per heavy atom. The van der Waals surface area contributed by atoms with Gasteiger partial charge in [-0.2, -0.15) is 5.26 Å². The number of carbonyl (C=O) groups excluding carboxylic acids is 1. The molecule has 3 aromatic rings. The predicted molar refractivity (Wildman–Crippen MR) is 111 cm³/mol. The van der Waals surface area contributed by atoms with Crippen molar-refractivity contribution in [1.29, 1.82) is 5.26 Å². The third kappa shape index (κ3) is 3.82. The van der Waals surface area contributed by atoms with Crippen LogP contribution in [0.4, 0.5) is 5.69 Å². The average molecular weight is 556 g/mol. The van der Waals surface area contributed by atoms with E-state index in [9.17, 15) is 9.59 Å². The lowest BCUT2D eigenvalue weighted by Crippen LogP contribution is -2.28. The number of nitriles is 1. The normalized spacial score (nSPS) is 10.4. The van der Waals surface area contributed by atoms with Crippen LogP contribution in [0.5, 0.6) is 0 Å². The van der Waals surface area contributed by atoms with Gasteiger partial charge in [0.25, 0.3) is 5.56 Å². The molecule has 0 fully saturated rings. The van der Waals surface area contributed by atoms with Crippen molar-refractivity contribution in [3.63, 3.8) is 0 Å². The van der Waals surface area contributed by atoms with E-state index in [0.717, 1.165) is 7.14 Å². The van der Waals surface area contributed by atoms with Gasteiger partial charge in [-0.05, 0) is 69.4 Å². The summed E-state index contributed by atoms with van der Waals surface area (Å²) in [6.07, 6.45) is 1.37. The van der Waals surface area contributed by atoms with Gasteiger partial charge in [0.1, 0.15) is 12.6 Å². The smallest absolute Gasteiger partial charge is 0.261 e. The van der Waals surface area contributed by atoms with Gasteiger partial charge in [0.15, 0.2) is 0 Å². The second-order valence-corrected chi connectivity index (χ2v) is 7.57. The number of para-hydroxylation sites is 1. The Morgan fingerprint density at radius 1 is 1.28 bits per heavy atom. The zero-order valence-corrected chi connectivity index (χ0v) is 17.0. The number of halogens is 2. The predicted octanol–water partition coefficient (Wildman–Crippen LogP) is 3.12. The molecule has 6 nitrogen and oxygen atoms in total. The summed E-state index contributed by atoms with van der Waals surface area (Å²) in [6.45, 7) is -0.177. The zero-order valence-electron chi connectivity index (χ0n) is 12.7. The van der Waals surface area contributed by atoms with Gasteiger partial charge >= 0.3 is 0 Å². The van der Waals surface area contributed by atoms with E-state index in [-0.39, 0.29) is 12.1 Å². The molecule has 1 N–H and O–H groups in total. The van der Waals surface area contributed by atoms with Gasteiger partial charge in [-0.15, -0.1) is 0 Å². The van der Waals surface area contributed by atoms with E-state index in [0.29, 0.717) is 22.2 Å². The van der Waals surface area contributed by atoms with Crippen LogP contribution in [0.3, 0.4) is 0 Å². The Morgan fingerprint density at radius 2 is 2.04 bits per heavy atom. The van der Waals surface area contributed by atoms with Gasteiger partial charge < -0.3 is 5.32 Å². The van der Waals surface area contributed by atoms with E-state index in [1.54, 1.807) is 30.3 Å². The number of carbonyl (C=O) groups is 1. The van der Waals surface area contributed by atoms with Crippen LogP contribution in [0, 0.1) is 18.5 Å². The maximum absolute atomic E-state index is 12.6. The molecule has 1 heterocycles. The topological polar surface area (TPSA) is 87.8 Å². The highest BCUT2D eigenvalue weighted by Crippen LogP contribution is 2.19. The second kappa shape index (κ2) is 7.49. The number of benzene rings is 2. The van der Waals surface area contributed by atoms with Crippen LogP contribution in [0.15, 0.2) is 47.5 Å². The van der Waals surface area contributed by atoms with Gasteiger partial charge in [-0.25, -0.2) is 4.98 Å². The Hall–Kier alpha value is -2.00. The zero-order chi connectivity index (χ0) is 18.0. The number of rotatable bonds is 3. The molecule has 2 aromatic carbocycles. The molecule has 1 aromatic heterocycles. The molecule has 8 heteroatoms. The molecule has 3 rings (SSSR count). The average Bonchev–Trinajstić information content (AvgIpc) is 2.58. The number of nitrogens with zero attached hydrogens (tertiary/aromatic N) is 3. The van der Waals surface area contributed by atoms with Crippen LogP contribution in [0.2, 0.25) is 0 Å². The number of hydrogen-bond acceptors (Lipinski definition) is 4. The first-order chi connectivity index (χ1) is 12.0. The highest BCUT2D eigenvalue weighted by Gasteiger charge is 2.12. The number of amides is 1. The molecule has 0 radical (unpaired) electrons. The van der Waals surface area contributed by atoms with Crippen molar-refractivity contribution < 1.29 is 4.79 Å². The molecule has 0 aliphatic heterocycles. The highest BCUT2D eigenvalue weighted by atomic mass is 127. The van der Waals surface area contributed by atoms with E-state index in [1.165, 1.54) is 10.9 Å². The fourth-order valence-corrected chi connectivity index (χ4v) is 4.33. The first-order valence-electron chi connectivity index (χ1n) is 7.13. The van der Waals surface area contributed by atoms with Crippen molar-refractivity contribution in [2.75, 3.05) is 5.32 Å². The van der Waals surface area contributed by atoms with E-state index in [4.69, 9.17) is 5.26 Å². The summed E-state index contributed by atoms with van der Waals surface area (Å²) < 4.78 is 3.08. The molecule has 0 saturated heterocycles. The lowest BCUT2D eigenvalue weighted by Gasteiger charge is -2.09. The Bertz CT molecular complexity index is 1090. The van der Waals surface area contributed by atoms with Crippen molar-refractivity contribution >= 4 is 67.7 Å². The van der Waals surface area contributed by atoms with Crippen molar-refractivity contribution in [3.05, 3.63) is 65.8 Å². The summed E-state index contributed by atoms with van der Waals surface area (Å²) in [7, 11) is 0. The SMILES string of the molecule is N#Cc1ccccc1NC(=O)Cn1cnc2c(I)cc(I)cc2c1=O. The number of aromatic nitrogens is 2. The molecule has 0 bridgehead atoms. The van der Waals surface area contributed by atoms with Gasteiger partial charge in [-0.3, -0.25) is 14.2 Å². The van der Waals surface area contributed by atoms with E-state index in [2.05, 4.69) is 55.5 Å². The van der Waals surface area contributed by atoms with Crippen molar-refractivity contribution in [2.45, 2.75) is 6.54 Å². The largest absolute Gasteiger partial charge is 0.323 e. The number of hydrogen-bond donors (Lipinski definition) is 1. The Kier molecular flexibility index (Phi) is 5.33. The number of fused-ring (bicyclic) bond motifs is 1. The second-order valence-electron chi connectivity index (χ2n) is 5.17. The van der Waals surface area contributed by atoms with Crippen LogP contribution in [0.1, 0.15) is 5.56 Å². The summed E-state index contributed by atoms with van der Waals surface area (Å²) in [5, 5.41) is 12.2. The van der Waals surface area contributed by atoms with Crippen LogP contribution >= 0.6 is 45.2 Å². The first-order valence-corrected chi connectivity index (χ1v) is 9.28. The fraction of sp³-hybridized carbons (Fsp3) is 0.0588. The quantitative estimate of drug-likeness (QED) is 0.503. The van der Waals surface area contributed by atoms with Gasteiger partial charge in [0.2, 0.25) is 5.91 Å². The van der Waals surface area contributed by atoms with Crippen molar-refractivity contribution in [1.82, 2.24) is 9.55 Å². The standard InChI is InChI=1S/C17H10I2N4O2/c18-11-5-12-16(13(19)6-11)21-9-23(17(12)25)8-15(24)22-14-4-2-1-3-10(14)7-20/h1-6,9H,8H2,(H,22,24). The molecule has 0 aliphatic carbocycles. The van der Waals surface area contributed by atoms with Gasteiger partial charge in [-0.1, -0.05) is 12.1 Å². The minimum atomic E-state index is -0.397. The third-order valence-corrected chi connectivity index (χ3v) is 4.93. The molecule has 124 valence electrons. The van der Waals surface area contributed by atoms with Crippen molar-refractivity contribution in [3.8, 4) is 6.07 Å². The number of nitrogens with one attached hydrogen (secondary N) is 1. The molecular weight excluding hydrogens is 546 g/mol. The summed E-state index contributed by atoms with van der Waals surface area (Å²) in [5.41, 5.74) is 1.13. The van der Waals surface area contributed by atoms with Crippen LogP contribution in [0.25, 0.3) is 10.9 Å². The summed E-state index contributed by atoms with van der Waals surface area (Å²) >= 11 is 4.27. The molecule has 1 amide bonds. The minimum Gasteiger partial charge on any atom is -0.323 e. The summed E-state index contributed by atoms with van der Waals surface area (Å²) in [5.74, 6) is -0.397.